The van der Waals surface area contributed by atoms with Crippen molar-refractivity contribution in [3.8, 4) is 0 Å². The Labute approximate surface area is 101 Å². The lowest BCUT2D eigenvalue weighted by atomic mass is 10.2. The molecule has 0 spiro atoms. The molecule has 1 fully saturated rings. The van der Waals surface area contributed by atoms with Gasteiger partial charge in [-0.3, -0.25) is 4.79 Å². The van der Waals surface area contributed by atoms with Crippen molar-refractivity contribution < 1.29 is 19.0 Å². The number of carbonyl (C=O) groups excluding carboxylic acids is 1. The second kappa shape index (κ2) is 7.87. The summed E-state index contributed by atoms with van der Waals surface area (Å²) >= 11 is 5.74. The Morgan fingerprint density at radius 2 is 2.38 bits per heavy atom. The van der Waals surface area contributed by atoms with E-state index < -0.39 is 0 Å². The first-order chi connectivity index (χ1) is 7.76. The first-order valence-electron chi connectivity index (χ1n) is 5.75. The lowest BCUT2D eigenvalue weighted by molar-refractivity contribution is -0.188. The molecule has 0 saturated carbocycles. The molecule has 0 aromatic carbocycles. The molecule has 0 aliphatic carbocycles. The minimum absolute atomic E-state index is 0.192. The summed E-state index contributed by atoms with van der Waals surface area (Å²) in [7, 11) is 0. The molecule has 1 saturated heterocycles. The summed E-state index contributed by atoms with van der Waals surface area (Å²) < 4.78 is 15.9. The molecule has 4 nitrogen and oxygen atoms in total. The van der Waals surface area contributed by atoms with Crippen LogP contribution in [0.4, 0.5) is 0 Å². The third-order valence-electron chi connectivity index (χ3n) is 2.35. The molecule has 2 atom stereocenters. The molecular weight excluding hydrogens is 232 g/mol. The van der Waals surface area contributed by atoms with E-state index in [0.29, 0.717) is 6.61 Å². The Morgan fingerprint density at radius 3 is 2.94 bits per heavy atom. The summed E-state index contributed by atoms with van der Waals surface area (Å²) in [6, 6.07) is 0. The zero-order chi connectivity index (χ0) is 11.8. The largest absolute Gasteiger partial charge is 0.466 e. The van der Waals surface area contributed by atoms with Crippen molar-refractivity contribution in [3.05, 3.63) is 0 Å². The lowest BCUT2D eigenvalue weighted by Crippen LogP contribution is -2.30. The van der Waals surface area contributed by atoms with Crippen molar-refractivity contribution in [3.63, 3.8) is 0 Å². The zero-order valence-corrected chi connectivity index (χ0v) is 10.4. The maximum absolute atomic E-state index is 11.3. The summed E-state index contributed by atoms with van der Waals surface area (Å²) in [5.74, 6) is 0.00235. The molecular formula is C11H19ClO4. The van der Waals surface area contributed by atoms with Crippen LogP contribution in [0.3, 0.4) is 0 Å². The van der Waals surface area contributed by atoms with Crippen molar-refractivity contribution in [1.82, 2.24) is 0 Å². The van der Waals surface area contributed by atoms with E-state index in [9.17, 15) is 4.79 Å². The third-order valence-corrected chi connectivity index (χ3v) is 2.70. The lowest BCUT2D eigenvalue weighted by Gasteiger charge is -2.26. The first-order valence-corrected chi connectivity index (χ1v) is 6.28. The fourth-order valence-electron chi connectivity index (χ4n) is 1.58. The molecule has 0 amide bonds. The van der Waals surface area contributed by atoms with Crippen molar-refractivity contribution >= 4 is 17.6 Å². The number of carbonyl (C=O) groups is 1. The van der Waals surface area contributed by atoms with E-state index in [0.717, 1.165) is 25.9 Å². The van der Waals surface area contributed by atoms with E-state index in [2.05, 4.69) is 0 Å². The number of alkyl halides is 1. The highest BCUT2D eigenvalue weighted by molar-refractivity contribution is 6.18. The van der Waals surface area contributed by atoms with E-state index in [1.54, 1.807) is 6.92 Å². The Kier molecular flexibility index (Phi) is 6.76. The molecule has 1 rings (SSSR count). The number of ether oxygens (including phenoxy) is 3. The number of rotatable bonds is 6. The van der Waals surface area contributed by atoms with Crippen LogP contribution in [0, 0.1) is 0 Å². The van der Waals surface area contributed by atoms with Crippen LogP contribution >= 0.6 is 11.6 Å². The van der Waals surface area contributed by atoms with Crippen molar-refractivity contribution in [2.45, 2.75) is 45.0 Å². The van der Waals surface area contributed by atoms with Gasteiger partial charge in [0, 0.05) is 12.5 Å². The Balaban J connectivity index is 2.27. The van der Waals surface area contributed by atoms with Gasteiger partial charge in [0.05, 0.1) is 19.1 Å². The van der Waals surface area contributed by atoms with Crippen LogP contribution in [0.25, 0.3) is 0 Å². The maximum atomic E-state index is 11.3. The van der Waals surface area contributed by atoms with E-state index in [4.69, 9.17) is 25.8 Å². The highest BCUT2D eigenvalue weighted by atomic mass is 35.5. The summed E-state index contributed by atoms with van der Waals surface area (Å²) in [6.07, 6.45) is 2.70. The highest BCUT2D eigenvalue weighted by Crippen LogP contribution is 2.17. The van der Waals surface area contributed by atoms with Gasteiger partial charge in [-0.1, -0.05) is 0 Å². The summed E-state index contributed by atoms with van der Waals surface area (Å²) in [6.45, 7) is 2.88. The fraction of sp³-hybridized carbons (Fsp3) is 0.909. The molecule has 0 bridgehead atoms. The maximum Gasteiger partial charge on any atom is 0.308 e. The van der Waals surface area contributed by atoms with Crippen LogP contribution in [0.15, 0.2) is 0 Å². The van der Waals surface area contributed by atoms with Gasteiger partial charge in [0.1, 0.15) is 0 Å². The number of esters is 1. The monoisotopic (exact) mass is 250 g/mol. The van der Waals surface area contributed by atoms with Crippen molar-refractivity contribution in [2.24, 2.45) is 0 Å². The Bertz CT molecular complexity index is 204. The van der Waals surface area contributed by atoms with Gasteiger partial charge in [-0.15, -0.1) is 11.6 Å². The Hall–Kier alpha value is -0.320. The van der Waals surface area contributed by atoms with Crippen molar-refractivity contribution in [1.29, 1.82) is 0 Å². The van der Waals surface area contributed by atoms with Crippen LogP contribution in [0.1, 0.15) is 32.6 Å². The van der Waals surface area contributed by atoms with E-state index in [1.807, 2.05) is 0 Å². The second-order valence-corrected chi connectivity index (χ2v) is 4.03. The Morgan fingerprint density at radius 1 is 1.56 bits per heavy atom. The minimum Gasteiger partial charge on any atom is -0.466 e. The van der Waals surface area contributed by atoms with E-state index >= 15 is 0 Å². The topological polar surface area (TPSA) is 44.8 Å². The number of hydrogen-bond donors (Lipinski definition) is 0. The average molecular weight is 251 g/mol. The predicted molar refractivity (Wildman–Crippen MR) is 60.4 cm³/mol. The first kappa shape index (κ1) is 13.7. The van der Waals surface area contributed by atoms with Crippen LogP contribution < -0.4 is 0 Å². The van der Waals surface area contributed by atoms with Gasteiger partial charge >= 0.3 is 5.97 Å². The SMILES string of the molecule is CCOC(=O)C[C@@H](CCl)OC1CCCCO1. The predicted octanol–water partition coefficient (Wildman–Crippen LogP) is 2.09. The summed E-state index contributed by atoms with van der Waals surface area (Å²) in [5.41, 5.74) is 0. The number of halogens is 1. The average Bonchev–Trinajstić information content (AvgIpc) is 2.30. The molecule has 0 radical (unpaired) electrons. The summed E-state index contributed by atoms with van der Waals surface area (Å²) in [5, 5.41) is 0. The van der Waals surface area contributed by atoms with Crippen LogP contribution in [0.5, 0.6) is 0 Å². The summed E-state index contributed by atoms with van der Waals surface area (Å²) in [4.78, 5) is 11.3. The molecule has 1 aliphatic rings. The van der Waals surface area contributed by atoms with Gasteiger partial charge in [0.2, 0.25) is 0 Å². The van der Waals surface area contributed by atoms with Gasteiger partial charge in [-0.2, -0.15) is 0 Å². The normalized spacial score (nSPS) is 22.8. The van der Waals surface area contributed by atoms with Gasteiger partial charge in [-0.25, -0.2) is 0 Å². The van der Waals surface area contributed by atoms with Crippen LogP contribution in [0.2, 0.25) is 0 Å². The van der Waals surface area contributed by atoms with E-state index in [1.165, 1.54) is 0 Å². The highest BCUT2D eigenvalue weighted by Gasteiger charge is 2.21. The second-order valence-electron chi connectivity index (χ2n) is 3.72. The molecule has 0 N–H and O–H groups in total. The molecule has 1 heterocycles. The smallest absolute Gasteiger partial charge is 0.308 e. The van der Waals surface area contributed by atoms with Gasteiger partial charge < -0.3 is 14.2 Å². The molecule has 1 unspecified atom stereocenters. The van der Waals surface area contributed by atoms with Crippen LogP contribution in [-0.4, -0.2) is 37.5 Å². The standard InChI is InChI=1S/C11H19ClO4/c1-2-14-10(13)7-9(8-12)16-11-5-3-4-6-15-11/h9,11H,2-8H2,1H3/t9-,11?/m0/s1. The van der Waals surface area contributed by atoms with Crippen LogP contribution in [-0.2, 0) is 19.0 Å². The van der Waals surface area contributed by atoms with Gasteiger partial charge in [0.15, 0.2) is 6.29 Å². The number of hydrogen-bond acceptors (Lipinski definition) is 4. The van der Waals surface area contributed by atoms with Gasteiger partial charge in [0.25, 0.3) is 0 Å². The molecule has 16 heavy (non-hydrogen) atoms. The fourth-order valence-corrected chi connectivity index (χ4v) is 1.76. The van der Waals surface area contributed by atoms with E-state index in [-0.39, 0.29) is 30.7 Å². The minimum atomic E-state index is -0.316. The zero-order valence-electron chi connectivity index (χ0n) is 9.62. The van der Waals surface area contributed by atoms with Crippen molar-refractivity contribution in [2.75, 3.05) is 19.1 Å². The molecule has 0 aromatic heterocycles. The molecule has 94 valence electrons. The molecule has 1 aliphatic heterocycles. The molecule has 0 aromatic rings. The molecule has 5 heteroatoms. The third kappa shape index (κ3) is 5.14. The van der Waals surface area contributed by atoms with Gasteiger partial charge in [-0.05, 0) is 26.2 Å². The quantitative estimate of drug-likeness (QED) is 0.535.